The van der Waals surface area contributed by atoms with E-state index in [9.17, 15) is 4.79 Å². The Labute approximate surface area is 129 Å². The van der Waals surface area contributed by atoms with Gasteiger partial charge in [-0.2, -0.15) is 0 Å². The number of amides is 1. The number of pyridine rings is 1. The first-order chi connectivity index (χ1) is 10.1. The lowest BCUT2D eigenvalue weighted by Gasteiger charge is -2.17. The molecule has 2 rings (SSSR count). The van der Waals surface area contributed by atoms with Gasteiger partial charge in [0.1, 0.15) is 5.82 Å². The highest BCUT2D eigenvalue weighted by molar-refractivity contribution is 7.09. The van der Waals surface area contributed by atoms with Crippen molar-refractivity contribution in [2.24, 2.45) is 0 Å². The van der Waals surface area contributed by atoms with Gasteiger partial charge in [0.25, 0.3) is 5.91 Å². The summed E-state index contributed by atoms with van der Waals surface area (Å²) in [6.07, 6.45) is 0.814. The Bertz CT molecular complexity index is 596. The summed E-state index contributed by atoms with van der Waals surface area (Å²) in [7, 11) is 1.83. The van der Waals surface area contributed by atoms with Crippen LogP contribution in [0.4, 0.5) is 5.82 Å². The second kappa shape index (κ2) is 7.22. The van der Waals surface area contributed by atoms with Crippen molar-refractivity contribution in [3.63, 3.8) is 0 Å². The maximum Gasteiger partial charge on any atom is 0.254 e. The minimum absolute atomic E-state index is 0.0275. The molecule has 2 heterocycles. The number of hydrogen-bond donors (Lipinski definition) is 1. The number of aryl methyl sites for hydroxylation is 1. The number of aromatic nitrogens is 1. The third-order valence-corrected chi connectivity index (χ3v) is 4.03. The molecule has 0 saturated carbocycles. The lowest BCUT2D eigenvalue weighted by atomic mass is 10.1. The van der Waals surface area contributed by atoms with Gasteiger partial charge in [0, 0.05) is 29.7 Å². The van der Waals surface area contributed by atoms with Gasteiger partial charge >= 0.3 is 0 Å². The van der Waals surface area contributed by atoms with Gasteiger partial charge in [-0.3, -0.25) is 4.79 Å². The van der Waals surface area contributed by atoms with Crippen molar-refractivity contribution in [3.8, 4) is 0 Å². The molecule has 2 aromatic heterocycles. The van der Waals surface area contributed by atoms with Gasteiger partial charge in [-0.25, -0.2) is 4.98 Å². The monoisotopic (exact) mass is 303 g/mol. The summed E-state index contributed by atoms with van der Waals surface area (Å²) in [5, 5.41) is 5.21. The smallest absolute Gasteiger partial charge is 0.254 e. The normalized spacial score (nSPS) is 10.4. The molecule has 0 radical (unpaired) electrons. The van der Waals surface area contributed by atoms with Crippen LogP contribution in [0.25, 0.3) is 0 Å². The molecule has 0 spiro atoms. The summed E-state index contributed by atoms with van der Waals surface area (Å²) in [6.45, 7) is 5.49. The molecule has 0 bridgehead atoms. The fourth-order valence-electron chi connectivity index (χ4n) is 2.09. The third-order valence-electron chi connectivity index (χ3n) is 3.17. The van der Waals surface area contributed by atoms with Crippen LogP contribution in [0.3, 0.4) is 0 Å². The van der Waals surface area contributed by atoms with Crippen molar-refractivity contribution in [1.29, 1.82) is 0 Å². The van der Waals surface area contributed by atoms with E-state index < -0.39 is 0 Å². The Balaban J connectivity index is 2.18. The second-order valence-electron chi connectivity index (χ2n) is 4.86. The van der Waals surface area contributed by atoms with Crippen LogP contribution in [0, 0.1) is 0 Å². The van der Waals surface area contributed by atoms with E-state index in [1.807, 2.05) is 50.5 Å². The molecular formula is C16H21N3OS. The van der Waals surface area contributed by atoms with Crippen molar-refractivity contribution in [2.45, 2.75) is 26.8 Å². The molecule has 1 amide bonds. The average Bonchev–Trinajstić information content (AvgIpc) is 2.99. The molecule has 1 N–H and O–H groups in total. The Morgan fingerprint density at radius 1 is 1.38 bits per heavy atom. The molecule has 2 aromatic rings. The number of carbonyl (C=O) groups excluding carboxylic acids is 1. The lowest BCUT2D eigenvalue weighted by molar-refractivity contribution is 0.0786. The summed E-state index contributed by atoms with van der Waals surface area (Å²) in [5.41, 5.74) is 1.62. The van der Waals surface area contributed by atoms with Gasteiger partial charge in [0.2, 0.25) is 0 Å². The zero-order valence-corrected chi connectivity index (χ0v) is 13.5. The van der Waals surface area contributed by atoms with E-state index in [0.717, 1.165) is 24.5 Å². The number of hydrogen-bond acceptors (Lipinski definition) is 4. The third kappa shape index (κ3) is 4.04. The van der Waals surface area contributed by atoms with Crippen molar-refractivity contribution < 1.29 is 4.79 Å². The highest BCUT2D eigenvalue weighted by Gasteiger charge is 2.14. The summed E-state index contributed by atoms with van der Waals surface area (Å²) < 4.78 is 0. The molecule has 0 aromatic carbocycles. The van der Waals surface area contributed by atoms with E-state index in [1.54, 1.807) is 16.2 Å². The van der Waals surface area contributed by atoms with Crippen molar-refractivity contribution in [3.05, 3.63) is 45.8 Å². The van der Waals surface area contributed by atoms with E-state index in [1.165, 1.54) is 4.88 Å². The van der Waals surface area contributed by atoms with Crippen LogP contribution < -0.4 is 5.32 Å². The minimum atomic E-state index is 0.0275. The first-order valence-corrected chi connectivity index (χ1v) is 8.04. The largest absolute Gasteiger partial charge is 0.370 e. The van der Waals surface area contributed by atoms with Crippen LogP contribution in [-0.2, 0) is 13.0 Å². The SMILES string of the molecule is CCNc1cc(C(=O)N(C)Cc2cccs2)cc(CC)n1. The highest BCUT2D eigenvalue weighted by atomic mass is 32.1. The molecule has 0 atom stereocenters. The van der Waals surface area contributed by atoms with Crippen molar-refractivity contribution in [2.75, 3.05) is 18.9 Å². The van der Waals surface area contributed by atoms with Gasteiger partial charge in [-0.1, -0.05) is 13.0 Å². The van der Waals surface area contributed by atoms with Crippen LogP contribution in [0.15, 0.2) is 29.6 Å². The minimum Gasteiger partial charge on any atom is -0.370 e. The molecule has 5 heteroatoms. The lowest BCUT2D eigenvalue weighted by Crippen LogP contribution is -2.26. The first kappa shape index (κ1) is 15.5. The summed E-state index contributed by atoms with van der Waals surface area (Å²) in [4.78, 5) is 20.0. The van der Waals surface area contributed by atoms with E-state index in [-0.39, 0.29) is 5.91 Å². The fourth-order valence-corrected chi connectivity index (χ4v) is 2.85. The molecule has 0 aliphatic heterocycles. The van der Waals surface area contributed by atoms with E-state index in [2.05, 4.69) is 10.3 Å². The number of nitrogens with zero attached hydrogens (tertiary/aromatic N) is 2. The number of carbonyl (C=O) groups is 1. The quantitative estimate of drug-likeness (QED) is 0.889. The number of nitrogens with one attached hydrogen (secondary N) is 1. The van der Waals surface area contributed by atoms with E-state index in [4.69, 9.17) is 0 Å². The van der Waals surface area contributed by atoms with E-state index in [0.29, 0.717) is 12.1 Å². The number of rotatable bonds is 6. The Morgan fingerprint density at radius 3 is 2.81 bits per heavy atom. The molecular weight excluding hydrogens is 282 g/mol. The van der Waals surface area contributed by atoms with Crippen LogP contribution in [0.5, 0.6) is 0 Å². The van der Waals surface area contributed by atoms with E-state index >= 15 is 0 Å². The zero-order valence-electron chi connectivity index (χ0n) is 12.7. The molecule has 4 nitrogen and oxygen atoms in total. The second-order valence-corrected chi connectivity index (χ2v) is 5.89. The molecule has 21 heavy (non-hydrogen) atoms. The summed E-state index contributed by atoms with van der Waals surface area (Å²) in [6, 6.07) is 7.76. The molecule has 0 saturated heterocycles. The maximum absolute atomic E-state index is 12.6. The average molecular weight is 303 g/mol. The first-order valence-electron chi connectivity index (χ1n) is 7.16. The van der Waals surface area contributed by atoms with Crippen LogP contribution in [-0.4, -0.2) is 29.4 Å². The van der Waals surface area contributed by atoms with Gasteiger partial charge in [0.15, 0.2) is 0 Å². The maximum atomic E-state index is 12.6. The standard InChI is InChI=1S/C16H21N3OS/c1-4-13-9-12(10-15(18-13)17-5-2)16(20)19(3)11-14-7-6-8-21-14/h6-10H,4-5,11H2,1-3H3,(H,17,18). The Hall–Kier alpha value is -1.88. The van der Waals surface area contributed by atoms with Gasteiger partial charge in [-0.15, -0.1) is 11.3 Å². The topological polar surface area (TPSA) is 45.2 Å². The van der Waals surface area contributed by atoms with Gasteiger partial charge < -0.3 is 10.2 Å². The molecule has 0 unspecified atom stereocenters. The van der Waals surface area contributed by atoms with Crippen molar-refractivity contribution >= 4 is 23.1 Å². The van der Waals surface area contributed by atoms with Crippen LogP contribution in [0.1, 0.15) is 34.8 Å². The Kier molecular flexibility index (Phi) is 5.33. The molecule has 0 fully saturated rings. The van der Waals surface area contributed by atoms with Gasteiger partial charge in [0.05, 0.1) is 6.54 Å². The van der Waals surface area contributed by atoms with Crippen LogP contribution in [0.2, 0.25) is 0 Å². The molecule has 0 aliphatic rings. The van der Waals surface area contributed by atoms with Crippen LogP contribution >= 0.6 is 11.3 Å². The predicted octanol–water partition coefficient (Wildman–Crippen LogP) is 3.41. The fraction of sp³-hybridized carbons (Fsp3) is 0.375. The predicted molar refractivity (Wildman–Crippen MR) is 87.9 cm³/mol. The van der Waals surface area contributed by atoms with Gasteiger partial charge in [-0.05, 0) is 36.9 Å². The molecule has 0 aliphatic carbocycles. The molecule has 112 valence electrons. The highest BCUT2D eigenvalue weighted by Crippen LogP contribution is 2.16. The number of thiophene rings is 1. The number of anilines is 1. The summed E-state index contributed by atoms with van der Waals surface area (Å²) >= 11 is 1.66. The van der Waals surface area contributed by atoms with Crippen molar-refractivity contribution in [1.82, 2.24) is 9.88 Å². The Morgan fingerprint density at radius 2 is 2.19 bits per heavy atom. The summed E-state index contributed by atoms with van der Waals surface area (Å²) in [5.74, 6) is 0.796. The zero-order chi connectivity index (χ0) is 15.2.